The molecule has 170 valence electrons. The molecule has 3 amide bonds. The summed E-state index contributed by atoms with van der Waals surface area (Å²) in [6.45, 7) is 1.81. The van der Waals surface area contributed by atoms with E-state index in [2.05, 4.69) is 10.6 Å². The maximum Gasteiger partial charge on any atom is 0.323 e. The molecule has 4 heterocycles. The van der Waals surface area contributed by atoms with Gasteiger partial charge in [0.25, 0.3) is 5.56 Å². The first-order chi connectivity index (χ1) is 16.0. The van der Waals surface area contributed by atoms with Crippen LogP contribution in [0.25, 0.3) is 0 Å². The summed E-state index contributed by atoms with van der Waals surface area (Å²) >= 11 is 7.47. The third kappa shape index (κ3) is 4.67. The van der Waals surface area contributed by atoms with Crippen molar-refractivity contribution in [1.82, 2.24) is 9.47 Å². The van der Waals surface area contributed by atoms with E-state index in [1.54, 1.807) is 46.2 Å². The van der Waals surface area contributed by atoms with Crippen LogP contribution in [0.5, 0.6) is 0 Å². The zero-order valence-electron chi connectivity index (χ0n) is 17.8. The van der Waals surface area contributed by atoms with Gasteiger partial charge in [0.1, 0.15) is 5.69 Å². The molecular weight excluding hydrogens is 460 g/mol. The summed E-state index contributed by atoms with van der Waals surface area (Å²) in [7, 11) is 0. The molecule has 9 heteroatoms. The minimum atomic E-state index is -0.490. The minimum absolute atomic E-state index is 0.120. The highest BCUT2D eigenvalue weighted by Crippen LogP contribution is 2.35. The number of amides is 3. The van der Waals surface area contributed by atoms with E-state index < -0.39 is 6.03 Å². The maximum absolute atomic E-state index is 13.1. The van der Waals surface area contributed by atoms with Gasteiger partial charge in [-0.05, 0) is 60.2 Å². The maximum atomic E-state index is 13.1. The Morgan fingerprint density at radius 2 is 1.85 bits per heavy atom. The number of rotatable bonds is 4. The first-order valence-electron chi connectivity index (χ1n) is 10.8. The van der Waals surface area contributed by atoms with Crippen molar-refractivity contribution >= 4 is 46.3 Å². The van der Waals surface area contributed by atoms with Crippen LogP contribution in [0, 0.1) is 5.92 Å². The number of hydrogen-bond donors (Lipinski definition) is 2. The topological polar surface area (TPSA) is 83.4 Å². The lowest BCUT2D eigenvalue weighted by atomic mass is 9.83. The number of pyridine rings is 1. The quantitative estimate of drug-likeness (QED) is 0.578. The molecule has 1 fully saturated rings. The SMILES string of the molecule is O=C(Nc1ccc(Cl)cc1)Nc1ccc2n(c1=O)C[C@H]1C[C@@H]2CN(C(=O)Cc2cccs2)C1. The number of benzene rings is 1. The Kier molecular flexibility index (Phi) is 5.95. The Bertz CT molecular complexity index is 1240. The van der Waals surface area contributed by atoms with Crippen LogP contribution in [-0.4, -0.2) is 34.5 Å². The highest BCUT2D eigenvalue weighted by Gasteiger charge is 2.36. The smallest absolute Gasteiger partial charge is 0.323 e. The second kappa shape index (κ2) is 9.03. The van der Waals surface area contributed by atoms with Gasteiger partial charge in [-0.3, -0.25) is 9.59 Å². The van der Waals surface area contributed by atoms with Gasteiger partial charge < -0.3 is 20.1 Å². The summed E-state index contributed by atoms with van der Waals surface area (Å²) in [5.41, 5.74) is 1.52. The second-order valence-electron chi connectivity index (χ2n) is 8.53. The van der Waals surface area contributed by atoms with E-state index in [1.807, 2.05) is 28.5 Å². The molecule has 0 unspecified atom stereocenters. The first-order valence-corrected chi connectivity index (χ1v) is 12.1. The van der Waals surface area contributed by atoms with Gasteiger partial charge in [-0.25, -0.2) is 4.79 Å². The molecule has 0 saturated carbocycles. The molecule has 2 aromatic heterocycles. The number of anilines is 2. The van der Waals surface area contributed by atoms with Crippen molar-refractivity contribution in [2.24, 2.45) is 5.92 Å². The van der Waals surface area contributed by atoms with Crippen LogP contribution < -0.4 is 16.2 Å². The van der Waals surface area contributed by atoms with Crippen LogP contribution in [0.2, 0.25) is 5.02 Å². The fraction of sp³-hybridized carbons (Fsp3) is 0.292. The van der Waals surface area contributed by atoms with Crippen molar-refractivity contribution in [3.8, 4) is 0 Å². The number of carbonyl (C=O) groups is 2. The number of urea groups is 1. The van der Waals surface area contributed by atoms with Gasteiger partial charge in [-0.1, -0.05) is 17.7 Å². The van der Waals surface area contributed by atoms with Crippen molar-refractivity contribution in [3.05, 3.63) is 79.9 Å². The third-order valence-electron chi connectivity index (χ3n) is 6.21. The van der Waals surface area contributed by atoms with Crippen LogP contribution in [-0.2, 0) is 17.8 Å². The third-order valence-corrected chi connectivity index (χ3v) is 7.34. The zero-order chi connectivity index (χ0) is 22.9. The number of fused-ring (bicyclic) bond motifs is 4. The van der Waals surface area contributed by atoms with Crippen LogP contribution in [0.4, 0.5) is 16.2 Å². The predicted octanol–water partition coefficient (Wildman–Crippen LogP) is 4.40. The fourth-order valence-electron chi connectivity index (χ4n) is 4.74. The second-order valence-corrected chi connectivity index (χ2v) is 10.00. The molecule has 0 spiro atoms. The first kappa shape index (κ1) is 21.7. The van der Waals surface area contributed by atoms with Crippen LogP contribution in [0.3, 0.4) is 0 Å². The molecule has 7 nitrogen and oxygen atoms in total. The molecule has 1 saturated heterocycles. The zero-order valence-corrected chi connectivity index (χ0v) is 19.4. The number of carbonyl (C=O) groups excluding carboxylic acids is 2. The van der Waals surface area contributed by atoms with Crippen molar-refractivity contribution < 1.29 is 9.59 Å². The van der Waals surface area contributed by atoms with E-state index in [9.17, 15) is 14.4 Å². The predicted molar refractivity (Wildman–Crippen MR) is 130 cm³/mol. The number of thiophene rings is 1. The summed E-state index contributed by atoms with van der Waals surface area (Å²) in [4.78, 5) is 41.3. The van der Waals surface area contributed by atoms with E-state index in [1.165, 1.54) is 0 Å². The van der Waals surface area contributed by atoms with Crippen LogP contribution in [0.15, 0.2) is 58.7 Å². The van der Waals surface area contributed by atoms with Gasteiger partial charge in [0.15, 0.2) is 0 Å². The van der Waals surface area contributed by atoms with Gasteiger partial charge in [0, 0.05) is 46.8 Å². The normalized spacial score (nSPS) is 19.0. The van der Waals surface area contributed by atoms with Gasteiger partial charge >= 0.3 is 6.03 Å². The molecule has 2 aliphatic rings. The highest BCUT2D eigenvalue weighted by molar-refractivity contribution is 7.10. The summed E-state index contributed by atoms with van der Waals surface area (Å²) < 4.78 is 1.76. The molecule has 2 N–H and O–H groups in total. The lowest BCUT2D eigenvalue weighted by molar-refractivity contribution is -0.133. The molecular formula is C24H23ClN4O3S. The molecule has 2 bridgehead atoms. The van der Waals surface area contributed by atoms with Crippen LogP contribution >= 0.6 is 22.9 Å². The number of likely N-dealkylation sites (tertiary alicyclic amines) is 1. The minimum Gasteiger partial charge on any atom is -0.341 e. The van der Waals surface area contributed by atoms with Gasteiger partial charge in [0.2, 0.25) is 5.91 Å². The Morgan fingerprint density at radius 1 is 1.03 bits per heavy atom. The molecule has 3 aromatic rings. The Morgan fingerprint density at radius 3 is 2.61 bits per heavy atom. The number of nitrogens with one attached hydrogen (secondary N) is 2. The number of hydrogen-bond acceptors (Lipinski definition) is 4. The van der Waals surface area contributed by atoms with Crippen molar-refractivity contribution in [2.45, 2.75) is 25.3 Å². The molecule has 2 aliphatic heterocycles. The molecule has 1 aromatic carbocycles. The van der Waals surface area contributed by atoms with Crippen molar-refractivity contribution in [2.75, 3.05) is 23.7 Å². The average Bonchev–Trinajstić information content (AvgIpc) is 3.30. The van der Waals surface area contributed by atoms with Gasteiger partial charge in [-0.15, -0.1) is 11.3 Å². The van der Waals surface area contributed by atoms with Gasteiger partial charge in [-0.2, -0.15) is 0 Å². The molecule has 0 radical (unpaired) electrons. The van der Waals surface area contributed by atoms with E-state index in [4.69, 9.17) is 11.6 Å². The van der Waals surface area contributed by atoms with Crippen molar-refractivity contribution in [3.63, 3.8) is 0 Å². The van der Waals surface area contributed by atoms with Crippen LogP contribution in [0.1, 0.15) is 22.9 Å². The summed E-state index contributed by atoms with van der Waals surface area (Å²) in [5, 5.41) is 7.92. The Balaban J connectivity index is 1.29. The average molecular weight is 483 g/mol. The number of halogens is 1. The lowest BCUT2D eigenvalue weighted by Gasteiger charge is -2.43. The van der Waals surface area contributed by atoms with E-state index in [-0.39, 0.29) is 29.0 Å². The fourth-order valence-corrected chi connectivity index (χ4v) is 5.56. The number of aromatic nitrogens is 1. The number of nitrogens with zero attached hydrogens (tertiary/aromatic N) is 2. The molecule has 33 heavy (non-hydrogen) atoms. The Labute approximate surface area is 200 Å². The summed E-state index contributed by atoms with van der Waals surface area (Å²) in [6.07, 6.45) is 1.39. The highest BCUT2D eigenvalue weighted by atomic mass is 35.5. The van der Waals surface area contributed by atoms with Gasteiger partial charge in [0.05, 0.1) is 6.42 Å². The molecule has 2 atom stereocenters. The largest absolute Gasteiger partial charge is 0.341 e. The lowest BCUT2D eigenvalue weighted by Crippen LogP contribution is -2.49. The standard InChI is InChI=1S/C24H23ClN4O3S/c25-17-3-5-18(6-4-17)26-24(32)27-20-7-8-21-16-10-15(13-29(21)23(20)31)12-28(14-16)22(30)11-19-2-1-9-33-19/h1-9,15-16H,10-14H2,(H2,26,27,32)/t15-,16+/m0/s1. The van der Waals surface area contributed by atoms with Crippen molar-refractivity contribution in [1.29, 1.82) is 0 Å². The summed E-state index contributed by atoms with van der Waals surface area (Å²) in [6, 6.07) is 13.7. The van der Waals surface area contributed by atoms with E-state index in [0.717, 1.165) is 17.0 Å². The van der Waals surface area contributed by atoms with E-state index in [0.29, 0.717) is 36.8 Å². The number of piperidine rings is 1. The molecule has 5 rings (SSSR count). The van der Waals surface area contributed by atoms with E-state index >= 15 is 0 Å². The summed E-state index contributed by atoms with van der Waals surface area (Å²) in [5.74, 6) is 0.480. The Hall–Kier alpha value is -3.10. The molecule has 0 aliphatic carbocycles. The monoisotopic (exact) mass is 482 g/mol.